The number of sulfonamides is 1. The minimum atomic E-state index is -3.47. The predicted molar refractivity (Wildman–Crippen MR) is 86.6 cm³/mol. The van der Waals surface area contributed by atoms with Gasteiger partial charge in [0.05, 0.1) is 4.90 Å². The molecule has 1 heterocycles. The maximum Gasteiger partial charge on any atom is 0.243 e. The van der Waals surface area contributed by atoms with Gasteiger partial charge in [-0.05, 0) is 45.0 Å². The van der Waals surface area contributed by atoms with Crippen molar-refractivity contribution >= 4 is 15.8 Å². The van der Waals surface area contributed by atoms with E-state index < -0.39 is 10.0 Å². The molecule has 0 spiro atoms. The summed E-state index contributed by atoms with van der Waals surface area (Å²) < 4.78 is 27.0. The highest BCUT2D eigenvalue weighted by atomic mass is 32.2. The molecule has 0 radical (unpaired) electrons. The molecule has 1 fully saturated rings. The highest BCUT2D eigenvalue weighted by molar-refractivity contribution is 7.89. The van der Waals surface area contributed by atoms with E-state index in [1.54, 1.807) is 16.4 Å². The molecular weight excluding hydrogens is 300 g/mol. The van der Waals surface area contributed by atoms with Crippen LogP contribution in [0.5, 0.6) is 0 Å². The monoisotopic (exact) mass is 324 g/mol. The summed E-state index contributed by atoms with van der Waals surface area (Å²) in [6.45, 7) is 7.42. The Morgan fingerprint density at radius 1 is 1.09 bits per heavy atom. The summed E-state index contributed by atoms with van der Waals surface area (Å²) in [6, 6.07) is 6.22. The average molecular weight is 324 g/mol. The van der Waals surface area contributed by atoms with E-state index in [4.69, 9.17) is 0 Å². The second-order valence-corrected chi connectivity index (χ2v) is 7.62. The SMILES string of the molecule is CCCN1CCCN(S(=O)(=O)c2ccc(C(C)=O)cc2)CC1. The van der Waals surface area contributed by atoms with E-state index in [1.165, 1.54) is 19.1 Å². The molecule has 0 atom stereocenters. The lowest BCUT2D eigenvalue weighted by Gasteiger charge is -2.21. The molecule has 0 bridgehead atoms. The van der Waals surface area contributed by atoms with Crippen LogP contribution in [0, 0.1) is 0 Å². The number of hydrogen-bond donors (Lipinski definition) is 0. The van der Waals surface area contributed by atoms with E-state index in [0.717, 1.165) is 32.5 Å². The first kappa shape index (κ1) is 17.1. The molecule has 0 N–H and O–H groups in total. The van der Waals surface area contributed by atoms with Gasteiger partial charge >= 0.3 is 0 Å². The molecule has 1 aliphatic rings. The number of carbonyl (C=O) groups is 1. The Hall–Kier alpha value is -1.24. The molecule has 122 valence electrons. The van der Waals surface area contributed by atoms with Gasteiger partial charge in [0.1, 0.15) is 0 Å². The minimum Gasteiger partial charge on any atom is -0.302 e. The largest absolute Gasteiger partial charge is 0.302 e. The van der Waals surface area contributed by atoms with Crippen LogP contribution in [0.2, 0.25) is 0 Å². The Labute approximate surface area is 133 Å². The van der Waals surface area contributed by atoms with Crippen molar-refractivity contribution in [2.45, 2.75) is 31.6 Å². The first-order valence-corrected chi connectivity index (χ1v) is 9.22. The van der Waals surface area contributed by atoms with Crippen LogP contribution in [0.15, 0.2) is 29.2 Å². The molecule has 1 aliphatic heterocycles. The smallest absolute Gasteiger partial charge is 0.243 e. The summed E-state index contributed by atoms with van der Waals surface area (Å²) in [5.41, 5.74) is 0.531. The number of Topliss-reactive ketones (excluding diaryl/α,β-unsaturated/α-hetero) is 1. The highest BCUT2D eigenvalue weighted by Gasteiger charge is 2.26. The summed E-state index contributed by atoms with van der Waals surface area (Å²) in [5, 5.41) is 0. The lowest BCUT2D eigenvalue weighted by molar-refractivity contribution is 0.101. The maximum absolute atomic E-state index is 12.7. The van der Waals surface area contributed by atoms with Crippen LogP contribution in [-0.2, 0) is 10.0 Å². The summed E-state index contributed by atoms with van der Waals surface area (Å²) in [5.74, 6) is -0.0612. The second kappa shape index (κ2) is 7.35. The highest BCUT2D eigenvalue weighted by Crippen LogP contribution is 2.18. The zero-order valence-electron chi connectivity index (χ0n) is 13.3. The third-order valence-electron chi connectivity index (χ3n) is 3.99. The normalized spacial score (nSPS) is 18.1. The van der Waals surface area contributed by atoms with E-state index in [2.05, 4.69) is 11.8 Å². The Morgan fingerprint density at radius 3 is 2.36 bits per heavy atom. The number of ketones is 1. The van der Waals surface area contributed by atoms with Gasteiger partial charge in [0.25, 0.3) is 0 Å². The van der Waals surface area contributed by atoms with Gasteiger partial charge in [0.15, 0.2) is 5.78 Å². The van der Waals surface area contributed by atoms with Gasteiger partial charge < -0.3 is 4.90 Å². The molecule has 0 aliphatic carbocycles. The van der Waals surface area contributed by atoms with Crippen molar-refractivity contribution < 1.29 is 13.2 Å². The first-order chi connectivity index (χ1) is 10.4. The van der Waals surface area contributed by atoms with E-state index in [-0.39, 0.29) is 10.7 Å². The van der Waals surface area contributed by atoms with E-state index in [0.29, 0.717) is 18.7 Å². The lowest BCUT2D eigenvalue weighted by Crippen LogP contribution is -2.35. The van der Waals surface area contributed by atoms with Gasteiger partial charge in [-0.3, -0.25) is 4.79 Å². The Morgan fingerprint density at radius 2 is 1.77 bits per heavy atom. The molecule has 0 saturated carbocycles. The van der Waals surface area contributed by atoms with Crippen LogP contribution in [0.25, 0.3) is 0 Å². The molecule has 1 saturated heterocycles. The van der Waals surface area contributed by atoms with Gasteiger partial charge in [-0.2, -0.15) is 4.31 Å². The van der Waals surface area contributed by atoms with Crippen molar-refractivity contribution in [2.75, 3.05) is 32.7 Å². The van der Waals surface area contributed by atoms with Gasteiger partial charge in [0.2, 0.25) is 10.0 Å². The van der Waals surface area contributed by atoms with Crippen LogP contribution in [-0.4, -0.2) is 56.1 Å². The fourth-order valence-corrected chi connectivity index (χ4v) is 4.21. The average Bonchev–Trinajstić information content (AvgIpc) is 2.74. The molecule has 1 aromatic carbocycles. The minimum absolute atomic E-state index is 0.0612. The van der Waals surface area contributed by atoms with Crippen LogP contribution in [0.4, 0.5) is 0 Å². The van der Waals surface area contributed by atoms with Crippen LogP contribution in [0.3, 0.4) is 0 Å². The quantitative estimate of drug-likeness (QED) is 0.777. The molecule has 6 heteroatoms. The summed E-state index contributed by atoms with van der Waals surface area (Å²) in [6.07, 6.45) is 1.93. The standard InChI is InChI=1S/C16H24N2O3S/c1-3-9-17-10-4-11-18(13-12-17)22(20,21)16-7-5-15(6-8-16)14(2)19/h5-8H,3-4,9-13H2,1-2H3. The fraction of sp³-hybridized carbons (Fsp3) is 0.562. The Kier molecular flexibility index (Phi) is 5.72. The molecule has 22 heavy (non-hydrogen) atoms. The van der Waals surface area contributed by atoms with Crippen molar-refractivity contribution in [3.63, 3.8) is 0 Å². The third-order valence-corrected chi connectivity index (χ3v) is 5.90. The molecular formula is C16H24N2O3S. The van der Waals surface area contributed by atoms with Crippen molar-refractivity contribution in [3.05, 3.63) is 29.8 Å². The maximum atomic E-state index is 12.7. The van der Waals surface area contributed by atoms with Gasteiger partial charge in [0, 0.05) is 25.2 Å². The number of benzene rings is 1. The van der Waals surface area contributed by atoms with Gasteiger partial charge in [-0.1, -0.05) is 19.1 Å². The topological polar surface area (TPSA) is 57.7 Å². The zero-order chi connectivity index (χ0) is 16.2. The Bertz CT molecular complexity index is 611. The summed E-state index contributed by atoms with van der Waals surface area (Å²) in [7, 11) is -3.47. The molecule has 2 rings (SSSR count). The molecule has 0 aromatic heterocycles. The van der Waals surface area contributed by atoms with Crippen molar-refractivity contribution in [3.8, 4) is 0 Å². The molecule has 5 nitrogen and oxygen atoms in total. The number of hydrogen-bond acceptors (Lipinski definition) is 4. The lowest BCUT2D eigenvalue weighted by atomic mass is 10.2. The van der Waals surface area contributed by atoms with Crippen molar-refractivity contribution in [1.82, 2.24) is 9.21 Å². The van der Waals surface area contributed by atoms with E-state index >= 15 is 0 Å². The van der Waals surface area contributed by atoms with Crippen molar-refractivity contribution in [1.29, 1.82) is 0 Å². The number of carbonyl (C=O) groups excluding carboxylic acids is 1. The predicted octanol–water partition coefficient (Wildman–Crippen LogP) is 2.00. The summed E-state index contributed by atoms with van der Waals surface area (Å²) >= 11 is 0. The number of rotatable bonds is 5. The first-order valence-electron chi connectivity index (χ1n) is 7.78. The fourth-order valence-electron chi connectivity index (χ4n) is 2.74. The van der Waals surface area contributed by atoms with Gasteiger partial charge in [-0.15, -0.1) is 0 Å². The van der Waals surface area contributed by atoms with Crippen LogP contribution in [0.1, 0.15) is 37.0 Å². The Balaban J connectivity index is 2.14. The van der Waals surface area contributed by atoms with Crippen LogP contribution >= 0.6 is 0 Å². The van der Waals surface area contributed by atoms with Crippen molar-refractivity contribution in [2.24, 2.45) is 0 Å². The second-order valence-electron chi connectivity index (χ2n) is 5.68. The molecule has 1 aromatic rings. The molecule has 0 amide bonds. The van der Waals surface area contributed by atoms with Gasteiger partial charge in [-0.25, -0.2) is 8.42 Å². The van der Waals surface area contributed by atoms with E-state index in [9.17, 15) is 13.2 Å². The van der Waals surface area contributed by atoms with E-state index in [1.807, 2.05) is 0 Å². The zero-order valence-corrected chi connectivity index (χ0v) is 14.1. The summed E-state index contributed by atoms with van der Waals surface area (Å²) in [4.78, 5) is 13.9. The number of nitrogens with zero attached hydrogens (tertiary/aromatic N) is 2. The van der Waals surface area contributed by atoms with Crippen LogP contribution < -0.4 is 0 Å². The molecule has 0 unspecified atom stereocenters. The third kappa shape index (κ3) is 3.94.